The van der Waals surface area contributed by atoms with E-state index in [0.29, 0.717) is 23.7 Å². The van der Waals surface area contributed by atoms with Crippen molar-refractivity contribution in [2.24, 2.45) is 11.7 Å². The normalized spacial score (nSPS) is 20.5. The van der Waals surface area contributed by atoms with Crippen LogP contribution in [0.3, 0.4) is 0 Å². The Bertz CT molecular complexity index is 545. The van der Waals surface area contributed by atoms with Gasteiger partial charge in [0.15, 0.2) is 0 Å². The zero-order chi connectivity index (χ0) is 16.1. The molecule has 1 aromatic rings. The van der Waals surface area contributed by atoms with Crippen LogP contribution in [0.2, 0.25) is 0 Å². The number of nitrogens with one attached hydrogen (secondary N) is 2. The van der Waals surface area contributed by atoms with Gasteiger partial charge in [0.1, 0.15) is 0 Å². The lowest BCUT2D eigenvalue weighted by Gasteiger charge is -2.19. The van der Waals surface area contributed by atoms with Gasteiger partial charge in [-0.25, -0.2) is 4.79 Å². The Kier molecular flexibility index (Phi) is 5.38. The second kappa shape index (κ2) is 7.26. The van der Waals surface area contributed by atoms with E-state index in [1.54, 1.807) is 38.4 Å². The van der Waals surface area contributed by atoms with Gasteiger partial charge in [-0.3, -0.25) is 4.79 Å². The molecule has 0 aromatic heterocycles. The average Bonchev–Trinajstić information content (AvgIpc) is 2.94. The van der Waals surface area contributed by atoms with Gasteiger partial charge in [-0.2, -0.15) is 0 Å². The quantitative estimate of drug-likeness (QED) is 0.790. The Morgan fingerprint density at radius 1 is 1.32 bits per heavy atom. The molecule has 2 atom stereocenters. The lowest BCUT2D eigenvalue weighted by atomic mass is 10.0. The van der Waals surface area contributed by atoms with Crippen LogP contribution in [0.25, 0.3) is 0 Å². The third-order valence-electron chi connectivity index (χ3n) is 4.06. The first-order valence-electron chi connectivity index (χ1n) is 7.60. The summed E-state index contributed by atoms with van der Waals surface area (Å²) in [6.45, 7) is 0.601. The molecule has 2 unspecified atom stereocenters. The van der Waals surface area contributed by atoms with E-state index >= 15 is 0 Å². The van der Waals surface area contributed by atoms with Crippen LogP contribution in [0.5, 0.6) is 0 Å². The fourth-order valence-corrected chi connectivity index (χ4v) is 2.73. The van der Waals surface area contributed by atoms with Gasteiger partial charge in [0.05, 0.1) is 0 Å². The number of nitrogens with two attached hydrogens (primary N) is 1. The van der Waals surface area contributed by atoms with Gasteiger partial charge < -0.3 is 21.3 Å². The zero-order valence-corrected chi connectivity index (χ0v) is 13.1. The molecule has 2 rings (SSSR count). The molecular weight excluding hydrogens is 280 g/mol. The van der Waals surface area contributed by atoms with Gasteiger partial charge in [-0.15, -0.1) is 0 Å². The molecule has 22 heavy (non-hydrogen) atoms. The number of hydrogen-bond donors (Lipinski definition) is 3. The topological polar surface area (TPSA) is 87.5 Å². The van der Waals surface area contributed by atoms with Crippen molar-refractivity contribution in [3.05, 3.63) is 29.8 Å². The lowest BCUT2D eigenvalue weighted by molar-refractivity contribution is 0.0928. The van der Waals surface area contributed by atoms with E-state index in [1.807, 2.05) is 0 Å². The number of amides is 3. The van der Waals surface area contributed by atoms with E-state index < -0.39 is 0 Å². The summed E-state index contributed by atoms with van der Waals surface area (Å²) in [5, 5.41) is 5.79. The summed E-state index contributed by atoms with van der Waals surface area (Å²) >= 11 is 0. The second-order valence-electron chi connectivity index (χ2n) is 5.91. The predicted octanol–water partition coefficient (Wildman–Crippen LogP) is 1.64. The molecule has 4 N–H and O–H groups in total. The molecule has 1 aliphatic carbocycles. The SMILES string of the molecule is CN(C)C(=O)Nc1cccc(C(=O)NC2CCCC2CN)c1. The number of rotatable bonds is 4. The Morgan fingerprint density at radius 3 is 2.77 bits per heavy atom. The standard InChI is InChI=1S/C16H24N4O2/c1-20(2)16(22)18-13-7-3-5-11(9-13)15(21)19-14-8-4-6-12(14)10-17/h3,5,7,9,12,14H,4,6,8,10,17H2,1-2H3,(H,18,22)(H,19,21). The van der Waals surface area contributed by atoms with Crippen LogP contribution in [0, 0.1) is 5.92 Å². The summed E-state index contributed by atoms with van der Waals surface area (Å²) in [4.78, 5) is 25.5. The number of anilines is 1. The van der Waals surface area contributed by atoms with Crippen molar-refractivity contribution in [3.8, 4) is 0 Å². The van der Waals surface area contributed by atoms with Crippen LogP contribution in [-0.4, -0.2) is 43.5 Å². The predicted molar refractivity (Wildman–Crippen MR) is 86.8 cm³/mol. The molecule has 1 fully saturated rings. The summed E-state index contributed by atoms with van der Waals surface area (Å²) in [7, 11) is 3.33. The molecule has 0 heterocycles. The number of hydrogen-bond acceptors (Lipinski definition) is 3. The third kappa shape index (κ3) is 3.98. The highest BCUT2D eigenvalue weighted by molar-refractivity contribution is 5.97. The molecule has 120 valence electrons. The molecule has 0 saturated heterocycles. The van der Waals surface area contributed by atoms with Crippen LogP contribution in [0.15, 0.2) is 24.3 Å². The van der Waals surface area contributed by atoms with E-state index in [0.717, 1.165) is 19.3 Å². The maximum Gasteiger partial charge on any atom is 0.321 e. The molecule has 1 aromatic carbocycles. The highest BCUT2D eigenvalue weighted by atomic mass is 16.2. The number of carbonyl (C=O) groups excluding carboxylic acids is 2. The summed E-state index contributed by atoms with van der Waals surface area (Å²) < 4.78 is 0. The molecule has 6 nitrogen and oxygen atoms in total. The molecule has 6 heteroatoms. The minimum Gasteiger partial charge on any atom is -0.349 e. The molecule has 1 aliphatic rings. The van der Waals surface area contributed by atoms with Crippen LogP contribution in [0.4, 0.5) is 10.5 Å². The Labute approximate surface area is 131 Å². The highest BCUT2D eigenvalue weighted by Gasteiger charge is 2.27. The number of nitrogens with zero attached hydrogens (tertiary/aromatic N) is 1. The summed E-state index contributed by atoms with van der Waals surface area (Å²) in [5.74, 6) is 0.242. The van der Waals surface area contributed by atoms with Crippen molar-refractivity contribution >= 4 is 17.6 Å². The maximum atomic E-state index is 12.4. The first kappa shape index (κ1) is 16.3. The van der Waals surface area contributed by atoms with E-state index in [1.165, 1.54) is 4.90 Å². The van der Waals surface area contributed by atoms with Crippen LogP contribution in [-0.2, 0) is 0 Å². The van der Waals surface area contributed by atoms with E-state index in [2.05, 4.69) is 10.6 Å². The van der Waals surface area contributed by atoms with Crippen LogP contribution in [0.1, 0.15) is 29.6 Å². The molecule has 0 radical (unpaired) electrons. The Hall–Kier alpha value is -2.08. The van der Waals surface area contributed by atoms with E-state index in [-0.39, 0.29) is 18.0 Å². The van der Waals surface area contributed by atoms with Crippen LogP contribution < -0.4 is 16.4 Å². The van der Waals surface area contributed by atoms with Gasteiger partial charge in [0.25, 0.3) is 5.91 Å². The van der Waals surface area contributed by atoms with Crippen molar-refractivity contribution in [1.29, 1.82) is 0 Å². The maximum absolute atomic E-state index is 12.4. The third-order valence-corrected chi connectivity index (χ3v) is 4.06. The van der Waals surface area contributed by atoms with Crippen molar-refractivity contribution < 1.29 is 9.59 Å². The minimum atomic E-state index is -0.225. The molecule has 0 bridgehead atoms. The molecule has 0 aliphatic heterocycles. The number of urea groups is 1. The molecule has 3 amide bonds. The Balaban J connectivity index is 2.02. The lowest BCUT2D eigenvalue weighted by Crippen LogP contribution is -2.39. The van der Waals surface area contributed by atoms with E-state index in [9.17, 15) is 9.59 Å². The number of carbonyl (C=O) groups is 2. The monoisotopic (exact) mass is 304 g/mol. The van der Waals surface area contributed by atoms with Gasteiger partial charge in [-0.05, 0) is 43.5 Å². The second-order valence-corrected chi connectivity index (χ2v) is 5.91. The molecule has 0 spiro atoms. The van der Waals surface area contributed by atoms with Gasteiger partial charge in [0.2, 0.25) is 0 Å². The van der Waals surface area contributed by atoms with E-state index in [4.69, 9.17) is 5.73 Å². The van der Waals surface area contributed by atoms with Gasteiger partial charge >= 0.3 is 6.03 Å². The summed E-state index contributed by atoms with van der Waals surface area (Å²) in [6.07, 6.45) is 3.15. The Morgan fingerprint density at radius 2 is 2.09 bits per heavy atom. The first-order chi connectivity index (χ1) is 10.5. The summed E-state index contributed by atoms with van der Waals surface area (Å²) in [5.41, 5.74) is 6.89. The zero-order valence-electron chi connectivity index (χ0n) is 13.1. The number of benzene rings is 1. The van der Waals surface area contributed by atoms with Crippen molar-refractivity contribution in [2.45, 2.75) is 25.3 Å². The fourth-order valence-electron chi connectivity index (χ4n) is 2.73. The van der Waals surface area contributed by atoms with Gasteiger partial charge in [-0.1, -0.05) is 12.5 Å². The van der Waals surface area contributed by atoms with Crippen LogP contribution >= 0.6 is 0 Å². The molecular formula is C16H24N4O2. The highest BCUT2D eigenvalue weighted by Crippen LogP contribution is 2.25. The van der Waals surface area contributed by atoms with Gasteiger partial charge in [0, 0.05) is 31.4 Å². The molecule has 1 saturated carbocycles. The van der Waals surface area contributed by atoms with Crippen molar-refractivity contribution in [2.75, 3.05) is 26.0 Å². The minimum absolute atomic E-state index is 0.119. The summed E-state index contributed by atoms with van der Waals surface area (Å²) in [6, 6.07) is 6.87. The van der Waals surface area contributed by atoms with Crippen molar-refractivity contribution in [1.82, 2.24) is 10.2 Å². The fraction of sp³-hybridized carbons (Fsp3) is 0.500. The first-order valence-corrected chi connectivity index (χ1v) is 7.60. The average molecular weight is 304 g/mol. The largest absolute Gasteiger partial charge is 0.349 e. The van der Waals surface area contributed by atoms with Crippen molar-refractivity contribution in [3.63, 3.8) is 0 Å². The smallest absolute Gasteiger partial charge is 0.321 e.